The van der Waals surface area contributed by atoms with Crippen molar-refractivity contribution >= 4 is 21.4 Å². The molecule has 90 valence electrons. The smallest absolute Gasteiger partial charge is 0.131 e. The predicted octanol–water partition coefficient (Wildman–Crippen LogP) is 3.56. The van der Waals surface area contributed by atoms with Crippen molar-refractivity contribution < 1.29 is 4.39 Å². The number of hydrogen-bond acceptors (Lipinski definition) is 3. The third kappa shape index (κ3) is 1.89. The van der Waals surface area contributed by atoms with E-state index in [-0.39, 0.29) is 5.82 Å². The average molecular weight is 258 g/mol. The van der Waals surface area contributed by atoms with Gasteiger partial charge in [-0.15, -0.1) is 11.3 Å². The summed E-state index contributed by atoms with van der Waals surface area (Å²) in [6.07, 6.45) is 1.73. The number of rotatable bonds is 2. The zero-order chi connectivity index (χ0) is 12.5. The molecule has 0 bridgehead atoms. The molecular formula is C14H11FN2S. The van der Waals surface area contributed by atoms with Crippen molar-refractivity contribution in [2.75, 3.05) is 0 Å². The molecule has 1 aromatic carbocycles. The minimum atomic E-state index is -0.190. The van der Waals surface area contributed by atoms with Crippen molar-refractivity contribution in [2.45, 2.75) is 6.54 Å². The zero-order valence-electron chi connectivity index (χ0n) is 9.56. The van der Waals surface area contributed by atoms with Gasteiger partial charge in [0.2, 0.25) is 0 Å². The van der Waals surface area contributed by atoms with Crippen molar-refractivity contribution in [3.8, 4) is 10.6 Å². The van der Waals surface area contributed by atoms with Gasteiger partial charge in [-0.25, -0.2) is 4.39 Å². The van der Waals surface area contributed by atoms with E-state index >= 15 is 0 Å². The number of nitrogens with two attached hydrogens (primary N) is 1. The van der Waals surface area contributed by atoms with Crippen LogP contribution in [0.25, 0.3) is 20.7 Å². The molecule has 3 rings (SSSR count). The molecule has 0 aliphatic heterocycles. The van der Waals surface area contributed by atoms with E-state index in [1.54, 1.807) is 23.6 Å². The van der Waals surface area contributed by atoms with E-state index in [2.05, 4.69) is 4.98 Å². The van der Waals surface area contributed by atoms with Gasteiger partial charge in [0.05, 0.1) is 10.6 Å². The molecule has 0 saturated carbocycles. The number of pyridine rings is 1. The van der Waals surface area contributed by atoms with Gasteiger partial charge in [-0.1, -0.05) is 6.07 Å². The Kier molecular flexibility index (Phi) is 2.81. The Morgan fingerprint density at radius 1 is 1.22 bits per heavy atom. The number of nitrogens with zero attached hydrogens (tertiary/aromatic N) is 1. The first-order valence-electron chi connectivity index (χ1n) is 5.61. The first-order valence-corrected chi connectivity index (χ1v) is 6.43. The lowest BCUT2D eigenvalue weighted by molar-refractivity contribution is 0.640. The van der Waals surface area contributed by atoms with Gasteiger partial charge in [0, 0.05) is 22.8 Å². The molecule has 0 atom stereocenters. The number of fused-ring (bicyclic) bond motifs is 1. The minimum absolute atomic E-state index is 0.190. The Morgan fingerprint density at radius 2 is 2.11 bits per heavy atom. The van der Waals surface area contributed by atoms with Crippen LogP contribution < -0.4 is 5.73 Å². The quantitative estimate of drug-likeness (QED) is 0.763. The fourth-order valence-electron chi connectivity index (χ4n) is 1.89. The third-order valence-electron chi connectivity index (χ3n) is 2.82. The molecular weight excluding hydrogens is 247 g/mol. The molecule has 0 aliphatic carbocycles. The number of halogens is 1. The molecule has 4 heteroatoms. The van der Waals surface area contributed by atoms with Crippen LogP contribution in [0.5, 0.6) is 0 Å². The van der Waals surface area contributed by atoms with Crippen LogP contribution >= 0.6 is 11.3 Å². The summed E-state index contributed by atoms with van der Waals surface area (Å²) < 4.78 is 14.6. The summed E-state index contributed by atoms with van der Waals surface area (Å²) in [5.74, 6) is -0.190. The Labute approximate surface area is 108 Å². The molecule has 0 fully saturated rings. The van der Waals surface area contributed by atoms with E-state index in [1.165, 1.54) is 6.07 Å². The van der Waals surface area contributed by atoms with Gasteiger partial charge in [0.1, 0.15) is 5.82 Å². The normalized spacial score (nSPS) is 11.0. The fourth-order valence-corrected chi connectivity index (χ4v) is 2.93. The maximum absolute atomic E-state index is 13.6. The topological polar surface area (TPSA) is 38.9 Å². The maximum atomic E-state index is 13.6. The molecule has 3 aromatic rings. The summed E-state index contributed by atoms with van der Waals surface area (Å²) in [6.45, 7) is 0.481. The summed E-state index contributed by atoms with van der Waals surface area (Å²) in [4.78, 5) is 5.28. The fraction of sp³-hybridized carbons (Fsp3) is 0.0714. The summed E-state index contributed by atoms with van der Waals surface area (Å²) in [6, 6.07) is 10.8. The van der Waals surface area contributed by atoms with Gasteiger partial charge in [-0.05, 0) is 35.9 Å². The van der Waals surface area contributed by atoms with Gasteiger partial charge >= 0.3 is 0 Å². The van der Waals surface area contributed by atoms with E-state index in [9.17, 15) is 4.39 Å². The molecule has 0 unspecified atom stereocenters. The number of hydrogen-bond donors (Lipinski definition) is 1. The van der Waals surface area contributed by atoms with Crippen molar-refractivity contribution in [1.29, 1.82) is 0 Å². The standard InChI is InChI=1S/C14H11FN2S/c15-11-2-1-3-13-10(11)7-14(18-13)12-6-9(8-16)4-5-17-12/h1-7H,8,16H2. The second kappa shape index (κ2) is 4.48. The minimum Gasteiger partial charge on any atom is -0.326 e. The highest BCUT2D eigenvalue weighted by atomic mass is 32.1. The molecule has 0 radical (unpaired) electrons. The second-order valence-electron chi connectivity index (χ2n) is 4.02. The Morgan fingerprint density at radius 3 is 2.89 bits per heavy atom. The first kappa shape index (κ1) is 11.3. The SMILES string of the molecule is NCc1ccnc(-c2cc3c(F)cccc3s2)c1. The molecule has 0 aliphatic rings. The lowest BCUT2D eigenvalue weighted by Crippen LogP contribution is -1.96. The van der Waals surface area contributed by atoms with Crippen LogP contribution in [0.3, 0.4) is 0 Å². The van der Waals surface area contributed by atoms with Gasteiger partial charge in [0.25, 0.3) is 0 Å². The summed E-state index contributed by atoms with van der Waals surface area (Å²) in [5, 5.41) is 0.650. The largest absolute Gasteiger partial charge is 0.326 e. The molecule has 0 amide bonds. The number of thiophene rings is 1. The highest BCUT2D eigenvalue weighted by molar-refractivity contribution is 7.22. The van der Waals surface area contributed by atoms with E-state index in [0.717, 1.165) is 20.8 Å². The number of aromatic nitrogens is 1. The predicted molar refractivity (Wildman–Crippen MR) is 72.9 cm³/mol. The van der Waals surface area contributed by atoms with E-state index in [4.69, 9.17) is 5.73 Å². The monoisotopic (exact) mass is 258 g/mol. The van der Waals surface area contributed by atoms with Crippen molar-refractivity contribution in [3.63, 3.8) is 0 Å². The molecule has 2 aromatic heterocycles. The summed E-state index contributed by atoms with van der Waals surface area (Å²) in [7, 11) is 0. The lowest BCUT2D eigenvalue weighted by atomic mass is 10.2. The Balaban J connectivity index is 2.16. The summed E-state index contributed by atoms with van der Waals surface area (Å²) >= 11 is 1.54. The number of benzene rings is 1. The van der Waals surface area contributed by atoms with Crippen LogP contribution in [0.1, 0.15) is 5.56 Å². The molecule has 2 nitrogen and oxygen atoms in total. The lowest BCUT2D eigenvalue weighted by Gasteiger charge is -1.99. The van der Waals surface area contributed by atoms with Gasteiger partial charge in [-0.3, -0.25) is 4.98 Å². The highest BCUT2D eigenvalue weighted by Gasteiger charge is 2.08. The van der Waals surface area contributed by atoms with Crippen LogP contribution in [0.2, 0.25) is 0 Å². The van der Waals surface area contributed by atoms with Gasteiger partial charge in [0.15, 0.2) is 0 Å². The van der Waals surface area contributed by atoms with E-state index in [0.29, 0.717) is 11.9 Å². The van der Waals surface area contributed by atoms with Crippen LogP contribution in [-0.2, 0) is 6.54 Å². The van der Waals surface area contributed by atoms with Crippen LogP contribution in [-0.4, -0.2) is 4.98 Å². The van der Waals surface area contributed by atoms with Crippen molar-refractivity contribution in [1.82, 2.24) is 4.98 Å². The van der Waals surface area contributed by atoms with Gasteiger partial charge in [-0.2, -0.15) is 0 Å². The molecule has 0 spiro atoms. The van der Waals surface area contributed by atoms with E-state index < -0.39 is 0 Å². The van der Waals surface area contributed by atoms with Crippen LogP contribution in [0.4, 0.5) is 4.39 Å². The molecule has 0 saturated heterocycles. The Bertz CT molecular complexity index is 706. The molecule has 2 N–H and O–H groups in total. The van der Waals surface area contributed by atoms with Crippen molar-refractivity contribution in [3.05, 3.63) is 54.0 Å². The zero-order valence-corrected chi connectivity index (χ0v) is 10.4. The van der Waals surface area contributed by atoms with E-state index in [1.807, 2.05) is 24.3 Å². The maximum Gasteiger partial charge on any atom is 0.131 e. The van der Waals surface area contributed by atoms with Crippen LogP contribution in [0, 0.1) is 5.82 Å². The second-order valence-corrected chi connectivity index (χ2v) is 5.10. The Hall–Kier alpha value is -1.78. The van der Waals surface area contributed by atoms with Crippen molar-refractivity contribution in [2.24, 2.45) is 5.73 Å². The first-order chi connectivity index (χ1) is 8.78. The molecule has 2 heterocycles. The average Bonchev–Trinajstić information content (AvgIpc) is 2.84. The summed E-state index contributed by atoms with van der Waals surface area (Å²) in [5.41, 5.74) is 7.48. The molecule has 18 heavy (non-hydrogen) atoms. The van der Waals surface area contributed by atoms with Gasteiger partial charge < -0.3 is 5.73 Å². The van der Waals surface area contributed by atoms with Crippen LogP contribution in [0.15, 0.2) is 42.6 Å². The highest BCUT2D eigenvalue weighted by Crippen LogP contribution is 2.33. The third-order valence-corrected chi connectivity index (χ3v) is 3.94.